The minimum atomic E-state index is -4.80. The Morgan fingerprint density at radius 2 is 1.70 bits per heavy atom. The van der Waals surface area contributed by atoms with E-state index in [1.807, 2.05) is 0 Å². The Hall–Kier alpha value is -0.400. The topological polar surface area (TPSA) is 149 Å². The van der Waals surface area contributed by atoms with Crippen LogP contribution in [0.5, 0.6) is 0 Å². The van der Waals surface area contributed by atoms with Crippen molar-refractivity contribution in [2.45, 2.75) is 6.10 Å². The van der Waals surface area contributed by atoms with Gasteiger partial charge in [0.2, 0.25) is 0 Å². The fourth-order valence-corrected chi connectivity index (χ4v) is 5.65. The summed E-state index contributed by atoms with van der Waals surface area (Å²) >= 11 is 0. The maximum atomic E-state index is 11.2. The summed E-state index contributed by atoms with van der Waals surface area (Å²) in [6.07, 6.45) is 4.54. The first-order valence-corrected chi connectivity index (χ1v) is 9.08. The van der Waals surface area contributed by atoms with Crippen LogP contribution in [-0.4, -0.2) is 27.0 Å². The van der Waals surface area contributed by atoms with Gasteiger partial charge < -0.3 is 19.4 Å². The third-order valence-electron chi connectivity index (χ3n) is 2.12. The van der Waals surface area contributed by atoms with E-state index in [0.717, 1.165) is 0 Å². The molecule has 112 valence electrons. The van der Waals surface area contributed by atoms with Crippen LogP contribution in [0.25, 0.3) is 0 Å². The van der Waals surface area contributed by atoms with Crippen molar-refractivity contribution in [3.8, 4) is 0 Å². The SMILES string of the molecule is O=C(O)C1C=CC=CC1OP1OP(=O)(O)OP(=O)(O)O1. The Balaban J connectivity index is 2.11. The number of hydrogen-bond acceptors (Lipinski definition) is 7. The molecule has 2 aliphatic rings. The van der Waals surface area contributed by atoms with Crippen LogP contribution in [0.1, 0.15) is 0 Å². The lowest BCUT2D eigenvalue weighted by atomic mass is 9.98. The van der Waals surface area contributed by atoms with E-state index in [0.29, 0.717) is 0 Å². The molecule has 4 unspecified atom stereocenters. The Kier molecular flexibility index (Phi) is 4.61. The van der Waals surface area contributed by atoms with E-state index in [2.05, 4.69) is 12.9 Å². The molecule has 0 aromatic rings. The van der Waals surface area contributed by atoms with Crippen LogP contribution in [0.3, 0.4) is 0 Å². The molecule has 0 amide bonds. The van der Waals surface area contributed by atoms with Crippen molar-refractivity contribution in [1.82, 2.24) is 0 Å². The number of carboxylic acids is 1. The molecule has 0 bridgehead atoms. The van der Waals surface area contributed by atoms with E-state index in [1.54, 1.807) is 0 Å². The maximum absolute atomic E-state index is 11.2. The summed E-state index contributed by atoms with van der Waals surface area (Å²) in [5, 5.41) is 8.97. The summed E-state index contributed by atoms with van der Waals surface area (Å²) < 4.78 is 40.0. The molecule has 0 saturated carbocycles. The molecule has 4 atom stereocenters. The molecule has 0 radical (unpaired) electrons. The molecular formula is C7H9O10P3. The van der Waals surface area contributed by atoms with Gasteiger partial charge in [-0.25, -0.2) is 17.8 Å². The molecule has 1 saturated heterocycles. The van der Waals surface area contributed by atoms with E-state index in [4.69, 9.17) is 19.4 Å². The first kappa shape index (κ1) is 16.0. The summed E-state index contributed by atoms with van der Waals surface area (Å²) in [5.74, 6) is -2.30. The lowest BCUT2D eigenvalue weighted by Gasteiger charge is -2.29. The predicted molar refractivity (Wildman–Crippen MR) is 64.1 cm³/mol. The van der Waals surface area contributed by atoms with Crippen molar-refractivity contribution in [1.29, 1.82) is 0 Å². The monoisotopic (exact) mass is 346 g/mol. The van der Waals surface area contributed by atoms with E-state index in [-0.39, 0.29) is 0 Å². The molecule has 10 nitrogen and oxygen atoms in total. The van der Waals surface area contributed by atoms with Crippen LogP contribution in [0.2, 0.25) is 0 Å². The Labute approximate surface area is 113 Å². The minimum Gasteiger partial charge on any atom is -0.481 e. The Morgan fingerprint density at radius 3 is 2.25 bits per heavy atom. The quantitative estimate of drug-likeness (QED) is 0.644. The molecule has 2 rings (SSSR count). The Morgan fingerprint density at radius 1 is 1.15 bits per heavy atom. The molecule has 13 heteroatoms. The van der Waals surface area contributed by atoms with Crippen LogP contribution >= 0.6 is 24.2 Å². The number of carboxylic acid groups (broad SMARTS) is 1. The number of allylic oxidation sites excluding steroid dienone is 2. The highest BCUT2D eigenvalue weighted by molar-refractivity contribution is 7.72. The maximum Gasteiger partial charge on any atom is 0.488 e. The fourth-order valence-electron chi connectivity index (χ4n) is 1.39. The van der Waals surface area contributed by atoms with E-state index in [1.165, 1.54) is 24.3 Å². The highest BCUT2D eigenvalue weighted by Crippen LogP contribution is 2.76. The van der Waals surface area contributed by atoms with Gasteiger partial charge in [0, 0.05) is 0 Å². The van der Waals surface area contributed by atoms with Crippen molar-refractivity contribution in [2.24, 2.45) is 5.92 Å². The first-order valence-electron chi connectivity index (χ1n) is 5.00. The van der Waals surface area contributed by atoms with Crippen molar-refractivity contribution < 1.29 is 46.3 Å². The number of carbonyl (C=O) groups is 1. The second-order valence-electron chi connectivity index (χ2n) is 3.61. The first-order chi connectivity index (χ1) is 9.19. The van der Waals surface area contributed by atoms with Crippen molar-refractivity contribution in [3.63, 3.8) is 0 Å². The molecule has 0 aromatic heterocycles. The lowest BCUT2D eigenvalue weighted by Crippen LogP contribution is -2.28. The van der Waals surface area contributed by atoms with Gasteiger partial charge in [-0.3, -0.25) is 4.79 Å². The van der Waals surface area contributed by atoms with Gasteiger partial charge in [0.1, 0.15) is 12.0 Å². The van der Waals surface area contributed by atoms with Crippen molar-refractivity contribution in [3.05, 3.63) is 24.3 Å². The number of rotatable bonds is 3. The standard InChI is InChI=1S/C7H9O10P3/c8-7(9)5-3-1-2-4-6(5)14-18-15-19(10,11)17-20(12,13)16-18/h1-6H,(H,8,9)(H,10,11)(H,12,13). The largest absolute Gasteiger partial charge is 0.488 e. The average molecular weight is 346 g/mol. The number of aliphatic carboxylic acids is 1. The zero-order valence-electron chi connectivity index (χ0n) is 9.51. The summed E-state index contributed by atoms with van der Waals surface area (Å²) in [7, 11) is -12.3. The van der Waals surface area contributed by atoms with Crippen LogP contribution in [0, 0.1) is 5.92 Å². The van der Waals surface area contributed by atoms with Crippen LogP contribution in [-0.2, 0) is 31.4 Å². The van der Waals surface area contributed by atoms with E-state index >= 15 is 0 Å². The van der Waals surface area contributed by atoms with Crippen LogP contribution in [0.4, 0.5) is 0 Å². The fraction of sp³-hybridized carbons (Fsp3) is 0.286. The van der Waals surface area contributed by atoms with Gasteiger partial charge in [-0.05, 0) is 0 Å². The molecule has 1 aliphatic carbocycles. The van der Waals surface area contributed by atoms with Gasteiger partial charge in [-0.2, -0.15) is 4.31 Å². The van der Waals surface area contributed by atoms with Gasteiger partial charge in [0.15, 0.2) is 0 Å². The normalized spacial score (nSPS) is 44.4. The van der Waals surface area contributed by atoms with Gasteiger partial charge in [0.25, 0.3) is 0 Å². The van der Waals surface area contributed by atoms with Crippen molar-refractivity contribution in [2.75, 3.05) is 0 Å². The molecule has 1 fully saturated rings. The zero-order valence-corrected chi connectivity index (χ0v) is 12.2. The minimum absolute atomic E-state index is 1.08. The Bertz CT molecular complexity index is 531. The predicted octanol–water partition coefficient (Wildman–Crippen LogP) is 1.69. The average Bonchev–Trinajstić information content (AvgIpc) is 2.24. The molecule has 1 aliphatic heterocycles. The summed E-state index contributed by atoms with van der Waals surface area (Å²) in [5.41, 5.74) is 0. The molecule has 0 aromatic carbocycles. The zero-order chi connectivity index (χ0) is 15.0. The van der Waals surface area contributed by atoms with Crippen LogP contribution < -0.4 is 0 Å². The summed E-state index contributed by atoms with van der Waals surface area (Å²) in [4.78, 5) is 29.1. The smallest absolute Gasteiger partial charge is 0.481 e. The summed E-state index contributed by atoms with van der Waals surface area (Å²) in [6.45, 7) is 0. The van der Waals surface area contributed by atoms with Crippen LogP contribution in [0.15, 0.2) is 24.3 Å². The van der Waals surface area contributed by atoms with Crippen molar-refractivity contribution >= 4 is 30.2 Å². The molecule has 1 heterocycles. The number of hydrogen-bond donors (Lipinski definition) is 3. The molecule has 3 N–H and O–H groups in total. The van der Waals surface area contributed by atoms with Gasteiger partial charge in [0.05, 0.1) is 0 Å². The highest BCUT2D eigenvalue weighted by atomic mass is 31.3. The van der Waals surface area contributed by atoms with E-state index in [9.17, 15) is 13.9 Å². The van der Waals surface area contributed by atoms with Gasteiger partial charge in [-0.1, -0.05) is 24.3 Å². The second-order valence-corrected chi connectivity index (χ2v) is 8.10. The third-order valence-corrected chi connectivity index (χ3v) is 6.91. The lowest BCUT2D eigenvalue weighted by molar-refractivity contribution is -0.142. The van der Waals surface area contributed by atoms with E-state index < -0.39 is 42.2 Å². The molecule has 20 heavy (non-hydrogen) atoms. The third kappa shape index (κ3) is 4.05. The second kappa shape index (κ2) is 5.77. The molecule has 0 spiro atoms. The highest BCUT2D eigenvalue weighted by Gasteiger charge is 2.49. The van der Waals surface area contributed by atoms with Gasteiger partial charge in [-0.15, -0.1) is 0 Å². The summed E-state index contributed by atoms with van der Waals surface area (Å²) in [6, 6.07) is 0. The van der Waals surface area contributed by atoms with Gasteiger partial charge >= 0.3 is 30.2 Å². The molecular weight excluding hydrogens is 337 g/mol. The number of phosphoric acid groups is 2.